The van der Waals surface area contributed by atoms with E-state index < -0.39 is 0 Å². The fraction of sp³-hybridized carbons (Fsp3) is 0.600. The van der Waals surface area contributed by atoms with Crippen LogP contribution < -0.4 is 5.32 Å². The van der Waals surface area contributed by atoms with E-state index in [1.54, 1.807) is 6.07 Å². The predicted octanol–water partition coefficient (Wildman–Crippen LogP) is 3.44. The Hall–Kier alpha value is -0.640. The minimum absolute atomic E-state index is 0.270. The van der Waals surface area contributed by atoms with Crippen molar-refractivity contribution < 1.29 is 4.39 Å². The van der Waals surface area contributed by atoms with Gasteiger partial charge < -0.3 is 5.32 Å². The van der Waals surface area contributed by atoms with Crippen LogP contribution in [0.2, 0.25) is 5.02 Å². The Morgan fingerprint density at radius 1 is 1.47 bits per heavy atom. The molecule has 1 saturated heterocycles. The van der Waals surface area contributed by atoms with Gasteiger partial charge in [0.1, 0.15) is 5.82 Å². The maximum absolute atomic E-state index is 13.4. The van der Waals surface area contributed by atoms with Gasteiger partial charge in [0.15, 0.2) is 0 Å². The Morgan fingerprint density at radius 2 is 2.32 bits per heavy atom. The van der Waals surface area contributed by atoms with Crippen molar-refractivity contribution in [2.75, 3.05) is 19.6 Å². The van der Waals surface area contributed by atoms with Crippen LogP contribution in [0.1, 0.15) is 31.7 Å². The van der Waals surface area contributed by atoms with E-state index in [2.05, 4.69) is 17.1 Å². The lowest BCUT2D eigenvalue weighted by atomic mass is 10.1. The summed E-state index contributed by atoms with van der Waals surface area (Å²) in [7, 11) is 0. The van der Waals surface area contributed by atoms with E-state index in [1.807, 2.05) is 6.07 Å². The molecule has 0 amide bonds. The summed E-state index contributed by atoms with van der Waals surface area (Å²) in [4.78, 5) is 2.38. The zero-order valence-corrected chi connectivity index (χ0v) is 12.2. The SMILES string of the molecule is CCCC1CN(Cc2cccc(F)c2Cl)CCCN1. The molecule has 1 aromatic rings. The molecule has 0 radical (unpaired) electrons. The van der Waals surface area contributed by atoms with Gasteiger partial charge in [-0.15, -0.1) is 0 Å². The Morgan fingerprint density at radius 3 is 3.11 bits per heavy atom. The van der Waals surface area contributed by atoms with Gasteiger partial charge in [-0.25, -0.2) is 4.39 Å². The number of hydrogen-bond acceptors (Lipinski definition) is 2. The first-order chi connectivity index (χ1) is 9.20. The van der Waals surface area contributed by atoms with Gasteiger partial charge in [0.05, 0.1) is 5.02 Å². The molecule has 0 aliphatic carbocycles. The minimum atomic E-state index is -0.322. The first kappa shape index (κ1) is 14.8. The summed E-state index contributed by atoms with van der Waals surface area (Å²) < 4.78 is 13.4. The first-order valence-electron chi connectivity index (χ1n) is 7.09. The number of halogens is 2. The van der Waals surface area contributed by atoms with E-state index in [4.69, 9.17) is 11.6 Å². The van der Waals surface area contributed by atoms with Gasteiger partial charge in [0.2, 0.25) is 0 Å². The third-order valence-electron chi connectivity index (χ3n) is 3.63. The molecule has 1 aliphatic rings. The molecule has 1 unspecified atom stereocenters. The van der Waals surface area contributed by atoms with Gasteiger partial charge in [-0.1, -0.05) is 37.1 Å². The summed E-state index contributed by atoms with van der Waals surface area (Å²) in [5.41, 5.74) is 0.888. The smallest absolute Gasteiger partial charge is 0.142 e. The van der Waals surface area contributed by atoms with E-state index in [0.29, 0.717) is 6.04 Å². The van der Waals surface area contributed by atoms with E-state index in [9.17, 15) is 4.39 Å². The summed E-state index contributed by atoms with van der Waals surface area (Å²) in [6.07, 6.45) is 3.51. The number of rotatable bonds is 4. The monoisotopic (exact) mass is 284 g/mol. The summed E-state index contributed by atoms with van der Waals surface area (Å²) >= 11 is 6.03. The topological polar surface area (TPSA) is 15.3 Å². The Bertz CT molecular complexity index is 411. The molecule has 1 aliphatic heterocycles. The van der Waals surface area contributed by atoms with Crippen LogP contribution >= 0.6 is 11.6 Å². The summed E-state index contributed by atoms with van der Waals surface area (Å²) in [5.74, 6) is -0.322. The quantitative estimate of drug-likeness (QED) is 0.911. The van der Waals surface area contributed by atoms with Crippen LogP contribution in [0.3, 0.4) is 0 Å². The normalized spacial score (nSPS) is 21.3. The Balaban J connectivity index is 2.02. The molecule has 1 heterocycles. The molecule has 2 rings (SSSR count). The highest BCUT2D eigenvalue weighted by Gasteiger charge is 2.18. The van der Waals surface area contributed by atoms with Crippen molar-refractivity contribution in [3.63, 3.8) is 0 Å². The van der Waals surface area contributed by atoms with Crippen molar-refractivity contribution in [3.8, 4) is 0 Å². The van der Waals surface area contributed by atoms with E-state index in [0.717, 1.165) is 38.2 Å². The Labute approximate surface area is 119 Å². The molecule has 4 heteroatoms. The number of nitrogens with zero attached hydrogens (tertiary/aromatic N) is 1. The van der Waals surface area contributed by atoms with Gasteiger partial charge in [-0.3, -0.25) is 4.90 Å². The average Bonchev–Trinajstić information content (AvgIpc) is 2.61. The van der Waals surface area contributed by atoms with E-state index >= 15 is 0 Å². The fourth-order valence-electron chi connectivity index (χ4n) is 2.67. The molecule has 0 saturated carbocycles. The van der Waals surface area contributed by atoms with Gasteiger partial charge >= 0.3 is 0 Å². The largest absolute Gasteiger partial charge is 0.313 e. The number of nitrogens with one attached hydrogen (secondary N) is 1. The van der Waals surface area contributed by atoms with E-state index in [-0.39, 0.29) is 10.8 Å². The second-order valence-corrected chi connectivity index (χ2v) is 5.62. The zero-order valence-electron chi connectivity index (χ0n) is 11.5. The second-order valence-electron chi connectivity index (χ2n) is 5.24. The number of benzene rings is 1. The van der Waals surface area contributed by atoms with Gasteiger partial charge in [-0.05, 0) is 37.6 Å². The average molecular weight is 285 g/mol. The summed E-state index contributed by atoms with van der Waals surface area (Å²) in [6, 6.07) is 5.60. The van der Waals surface area contributed by atoms with Crippen LogP contribution in [0.5, 0.6) is 0 Å². The Kier molecular flexibility index (Phi) is 5.61. The highest BCUT2D eigenvalue weighted by molar-refractivity contribution is 6.31. The number of hydrogen-bond donors (Lipinski definition) is 1. The van der Waals surface area contributed by atoms with Crippen LogP contribution in [-0.2, 0) is 6.54 Å². The molecule has 1 N–H and O–H groups in total. The third kappa shape index (κ3) is 4.16. The van der Waals surface area contributed by atoms with Crippen molar-refractivity contribution in [3.05, 3.63) is 34.6 Å². The third-order valence-corrected chi connectivity index (χ3v) is 4.05. The lowest BCUT2D eigenvalue weighted by Gasteiger charge is -2.24. The standard InChI is InChI=1S/C15H22ClFN2/c1-2-5-13-11-19(9-4-8-18-13)10-12-6-3-7-14(17)15(12)16/h3,6-7,13,18H,2,4-5,8-11H2,1H3. The van der Waals surface area contributed by atoms with Crippen molar-refractivity contribution in [2.45, 2.75) is 38.8 Å². The van der Waals surface area contributed by atoms with Crippen LogP contribution in [0, 0.1) is 5.82 Å². The van der Waals surface area contributed by atoms with Gasteiger partial charge in [-0.2, -0.15) is 0 Å². The molecule has 106 valence electrons. The van der Waals surface area contributed by atoms with Gasteiger partial charge in [0.25, 0.3) is 0 Å². The van der Waals surface area contributed by atoms with E-state index in [1.165, 1.54) is 18.9 Å². The van der Waals surface area contributed by atoms with Crippen molar-refractivity contribution in [1.82, 2.24) is 10.2 Å². The highest BCUT2D eigenvalue weighted by atomic mass is 35.5. The van der Waals surface area contributed by atoms with Crippen LogP contribution in [0.15, 0.2) is 18.2 Å². The lowest BCUT2D eigenvalue weighted by molar-refractivity contribution is 0.254. The first-order valence-corrected chi connectivity index (χ1v) is 7.47. The molecule has 0 bridgehead atoms. The van der Waals surface area contributed by atoms with Crippen molar-refractivity contribution in [1.29, 1.82) is 0 Å². The lowest BCUT2D eigenvalue weighted by Crippen LogP contribution is -2.37. The molecular formula is C15H22ClFN2. The van der Waals surface area contributed by atoms with Gasteiger partial charge in [0, 0.05) is 19.1 Å². The maximum Gasteiger partial charge on any atom is 0.142 e. The van der Waals surface area contributed by atoms with Crippen LogP contribution in [0.25, 0.3) is 0 Å². The van der Waals surface area contributed by atoms with Crippen molar-refractivity contribution >= 4 is 11.6 Å². The van der Waals surface area contributed by atoms with Crippen LogP contribution in [0.4, 0.5) is 4.39 Å². The highest BCUT2D eigenvalue weighted by Crippen LogP contribution is 2.21. The predicted molar refractivity (Wildman–Crippen MR) is 78.0 cm³/mol. The molecule has 1 atom stereocenters. The molecule has 0 aromatic heterocycles. The zero-order chi connectivity index (χ0) is 13.7. The molecule has 1 aromatic carbocycles. The molecule has 19 heavy (non-hydrogen) atoms. The maximum atomic E-state index is 13.4. The molecule has 2 nitrogen and oxygen atoms in total. The molecule has 1 fully saturated rings. The molecule has 0 spiro atoms. The van der Waals surface area contributed by atoms with Crippen molar-refractivity contribution in [2.24, 2.45) is 0 Å². The minimum Gasteiger partial charge on any atom is -0.313 e. The van der Waals surface area contributed by atoms with Crippen LogP contribution in [-0.4, -0.2) is 30.6 Å². The summed E-state index contributed by atoms with van der Waals surface area (Å²) in [5, 5.41) is 3.85. The molecular weight excluding hydrogens is 263 g/mol. The second kappa shape index (κ2) is 7.22. The fourth-order valence-corrected chi connectivity index (χ4v) is 2.86. The summed E-state index contributed by atoms with van der Waals surface area (Å²) in [6.45, 7) is 6.07.